The Labute approximate surface area is 92.1 Å². The maximum atomic E-state index is 11.2. The number of benzene rings is 1. The molecule has 14 heavy (non-hydrogen) atoms. The number of rotatable bonds is 2. The van der Waals surface area contributed by atoms with Gasteiger partial charge in [0.15, 0.2) is 0 Å². The highest BCUT2D eigenvalue weighted by Crippen LogP contribution is 2.26. The number of hydrogen-bond donors (Lipinski definition) is 0. The van der Waals surface area contributed by atoms with Gasteiger partial charge in [-0.25, -0.2) is 4.79 Å². The summed E-state index contributed by atoms with van der Waals surface area (Å²) < 4.78 is 4.52. The lowest BCUT2D eigenvalue weighted by atomic mass is 10.1. The van der Waals surface area contributed by atoms with Crippen molar-refractivity contribution in [1.82, 2.24) is 0 Å². The minimum absolute atomic E-state index is 0.194. The van der Waals surface area contributed by atoms with E-state index in [9.17, 15) is 4.79 Å². The van der Waals surface area contributed by atoms with Crippen LogP contribution in [0.25, 0.3) is 5.57 Å². The van der Waals surface area contributed by atoms with E-state index in [1.54, 1.807) is 18.2 Å². The quantitative estimate of drug-likeness (QED) is 0.577. The maximum Gasteiger partial charge on any atom is 0.337 e. The summed E-state index contributed by atoms with van der Waals surface area (Å²) in [7, 11) is 1.28. The van der Waals surface area contributed by atoms with Crippen molar-refractivity contribution >= 4 is 34.7 Å². The maximum absolute atomic E-state index is 11.2. The number of carbonyl (C=O) groups excluding carboxylic acids is 1. The molecule has 0 N–H and O–H groups in total. The standard InChI is InChI=1S/C10H8Cl2O2/c1-6(10(13)14-2)8-5-7(11)3-4-9(8)12/h3-5H,1H2,2H3. The third kappa shape index (κ3) is 2.28. The molecule has 2 nitrogen and oxygen atoms in total. The van der Waals surface area contributed by atoms with Gasteiger partial charge in [-0.05, 0) is 18.2 Å². The van der Waals surface area contributed by atoms with E-state index >= 15 is 0 Å². The Morgan fingerprint density at radius 1 is 1.43 bits per heavy atom. The topological polar surface area (TPSA) is 26.3 Å². The summed E-state index contributed by atoms with van der Waals surface area (Å²) in [6.45, 7) is 3.58. The molecule has 0 aliphatic carbocycles. The van der Waals surface area contributed by atoms with Gasteiger partial charge in [0.1, 0.15) is 0 Å². The second-order valence-corrected chi connectivity index (χ2v) is 3.44. The predicted octanol–water partition coefficient (Wildman–Crippen LogP) is 3.18. The molecule has 0 aliphatic heterocycles. The summed E-state index contributed by atoms with van der Waals surface area (Å²) in [5.41, 5.74) is 0.686. The van der Waals surface area contributed by atoms with Gasteiger partial charge in [-0.2, -0.15) is 0 Å². The number of carbonyl (C=O) groups is 1. The van der Waals surface area contributed by atoms with E-state index in [0.717, 1.165) is 0 Å². The fraction of sp³-hybridized carbons (Fsp3) is 0.100. The van der Waals surface area contributed by atoms with Crippen molar-refractivity contribution < 1.29 is 9.53 Å². The average molecular weight is 231 g/mol. The van der Waals surface area contributed by atoms with E-state index in [-0.39, 0.29) is 5.57 Å². The second-order valence-electron chi connectivity index (χ2n) is 2.59. The van der Waals surface area contributed by atoms with Crippen LogP contribution in [0.3, 0.4) is 0 Å². The van der Waals surface area contributed by atoms with E-state index in [0.29, 0.717) is 15.6 Å². The molecule has 0 spiro atoms. The molecule has 0 atom stereocenters. The molecule has 0 saturated carbocycles. The molecule has 74 valence electrons. The summed E-state index contributed by atoms with van der Waals surface area (Å²) >= 11 is 11.6. The summed E-state index contributed by atoms with van der Waals surface area (Å²) in [5, 5.41) is 0.916. The van der Waals surface area contributed by atoms with Crippen molar-refractivity contribution in [2.45, 2.75) is 0 Å². The zero-order valence-electron chi connectivity index (χ0n) is 7.51. The van der Waals surface area contributed by atoms with Crippen LogP contribution in [0.5, 0.6) is 0 Å². The van der Waals surface area contributed by atoms with Crippen LogP contribution < -0.4 is 0 Å². The predicted molar refractivity (Wildman–Crippen MR) is 57.5 cm³/mol. The Morgan fingerprint density at radius 2 is 2.07 bits per heavy atom. The molecule has 4 heteroatoms. The first-order valence-corrected chi connectivity index (χ1v) is 4.54. The van der Waals surface area contributed by atoms with Gasteiger partial charge in [0, 0.05) is 15.6 Å². The van der Waals surface area contributed by atoms with Gasteiger partial charge < -0.3 is 4.74 Å². The zero-order chi connectivity index (χ0) is 10.7. The fourth-order valence-electron chi connectivity index (χ4n) is 0.962. The molecule has 0 heterocycles. The van der Waals surface area contributed by atoms with Crippen LogP contribution in [0.15, 0.2) is 24.8 Å². The van der Waals surface area contributed by atoms with Crippen molar-refractivity contribution in [2.75, 3.05) is 7.11 Å². The minimum atomic E-state index is -0.519. The van der Waals surface area contributed by atoms with E-state index in [4.69, 9.17) is 23.2 Å². The van der Waals surface area contributed by atoms with Gasteiger partial charge >= 0.3 is 5.97 Å². The van der Waals surface area contributed by atoms with Crippen LogP contribution in [0.2, 0.25) is 10.0 Å². The molecule has 0 bridgehead atoms. The summed E-state index contributed by atoms with van der Waals surface area (Å²) in [4.78, 5) is 11.2. The molecule has 0 unspecified atom stereocenters. The van der Waals surface area contributed by atoms with Crippen LogP contribution in [0, 0.1) is 0 Å². The van der Waals surface area contributed by atoms with Crippen LogP contribution >= 0.6 is 23.2 Å². The highest BCUT2D eigenvalue weighted by atomic mass is 35.5. The first-order chi connectivity index (χ1) is 6.56. The van der Waals surface area contributed by atoms with E-state index < -0.39 is 5.97 Å². The fourth-order valence-corrected chi connectivity index (χ4v) is 1.37. The van der Waals surface area contributed by atoms with Gasteiger partial charge in [0.25, 0.3) is 0 Å². The van der Waals surface area contributed by atoms with Crippen molar-refractivity contribution in [2.24, 2.45) is 0 Å². The largest absolute Gasteiger partial charge is 0.465 e. The number of ether oxygens (including phenoxy) is 1. The second kappa shape index (κ2) is 4.49. The number of hydrogen-bond acceptors (Lipinski definition) is 2. The molecule has 0 saturated heterocycles. The molecular weight excluding hydrogens is 223 g/mol. The monoisotopic (exact) mass is 230 g/mol. The first kappa shape index (κ1) is 11.1. The Hall–Kier alpha value is -0.990. The van der Waals surface area contributed by atoms with Crippen LogP contribution in [-0.4, -0.2) is 13.1 Å². The average Bonchev–Trinajstić information content (AvgIpc) is 2.19. The Balaban J connectivity index is 3.12. The minimum Gasteiger partial charge on any atom is -0.465 e. The van der Waals surface area contributed by atoms with E-state index in [1.165, 1.54) is 7.11 Å². The van der Waals surface area contributed by atoms with Crippen molar-refractivity contribution in [1.29, 1.82) is 0 Å². The lowest BCUT2D eigenvalue weighted by Crippen LogP contribution is -2.02. The Morgan fingerprint density at radius 3 is 2.64 bits per heavy atom. The van der Waals surface area contributed by atoms with Gasteiger partial charge in [0.2, 0.25) is 0 Å². The molecule has 1 aromatic carbocycles. The first-order valence-electron chi connectivity index (χ1n) is 3.79. The third-order valence-electron chi connectivity index (χ3n) is 1.69. The smallest absolute Gasteiger partial charge is 0.337 e. The lowest BCUT2D eigenvalue weighted by molar-refractivity contribution is -0.133. The Bertz CT molecular complexity index is 386. The number of halogens is 2. The molecule has 0 amide bonds. The van der Waals surface area contributed by atoms with Crippen LogP contribution in [-0.2, 0) is 9.53 Å². The summed E-state index contributed by atoms with van der Waals surface area (Å²) in [5.74, 6) is -0.519. The lowest BCUT2D eigenvalue weighted by Gasteiger charge is -2.06. The van der Waals surface area contributed by atoms with E-state index in [1.807, 2.05) is 0 Å². The van der Waals surface area contributed by atoms with Crippen molar-refractivity contribution in [3.63, 3.8) is 0 Å². The highest BCUT2D eigenvalue weighted by molar-refractivity contribution is 6.36. The summed E-state index contributed by atoms with van der Waals surface area (Å²) in [6.07, 6.45) is 0. The SMILES string of the molecule is C=C(C(=O)OC)c1cc(Cl)ccc1Cl. The van der Waals surface area contributed by atoms with Crippen molar-refractivity contribution in [3.8, 4) is 0 Å². The normalized spacial score (nSPS) is 9.64. The molecule has 0 radical (unpaired) electrons. The third-order valence-corrected chi connectivity index (χ3v) is 2.25. The number of methoxy groups -OCH3 is 1. The molecule has 0 aliphatic rings. The van der Waals surface area contributed by atoms with Gasteiger partial charge in [-0.15, -0.1) is 0 Å². The van der Waals surface area contributed by atoms with E-state index in [2.05, 4.69) is 11.3 Å². The van der Waals surface area contributed by atoms with Gasteiger partial charge in [-0.1, -0.05) is 29.8 Å². The van der Waals surface area contributed by atoms with Crippen molar-refractivity contribution in [3.05, 3.63) is 40.4 Å². The Kier molecular flexibility index (Phi) is 3.55. The zero-order valence-corrected chi connectivity index (χ0v) is 9.02. The molecule has 1 aromatic rings. The van der Waals surface area contributed by atoms with Crippen LogP contribution in [0.1, 0.15) is 5.56 Å². The van der Waals surface area contributed by atoms with Gasteiger partial charge in [0.05, 0.1) is 12.7 Å². The molecule has 0 aromatic heterocycles. The summed E-state index contributed by atoms with van der Waals surface area (Å²) in [6, 6.07) is 4.81. The highest BCUT2D eigenvalue weighted by Gasteiger charge is 2.12. The molecular formula is C10H8Cl2O2. The van der Waals surface area contributed by atoms with Crippen LogP contribution in [0.4, 0.5) is 0 Å². The molecule has 1 rings (SSSR count). The number of esters is 1. The van der Waals surface area contributed by atoms with Gasteiger partial charge in [-0.3, -0.25) is 0 Å². The molecule has 0 fully saturated rings.